The summed E-state index contributed by atoms with van der Waals surface area (Å²) in [6, 6.07) is 5.41. The van der Waals surface area contributed by atoms with E-state index in [0.29, 0.717) is 11.5 Å². The van der Waals surface area contributed by atoms with Crippen molar-refractivity contribution in [1.82, 2.24) is 15.0 Å². The largest absolute Gasteiger partial charge is 0.309 e. The van der Waals surface area contributed by atoms with E-state index in [1.807, 2.05) is 6.07 Å². The molecule has 0 atom stereocenters. The molecule has 0 spiro atoms. The lowest BCUT2D eigenvalue weighted by Crippen LogP contribution is -2.16. The maximum atomic E-state index is 11.6. The lowest BCUT2D eigenvalue weighted by atomic mass is 10.2. The number of carbonyl (C=O) groups is 1. The van der Waals surface area contributed by atoms with Gasteiger partial charge >= 0.3 is 0 Å². The van der Waals surface area contributed by atoms with Crippen LogP contribution in [0.5, 0.6) is 0 Å². The molecule has 0 aliphatic carbocycles. The van der Waals surface area contributed by atoms with Gasteiger partial charge in [0.2, 0.25) is 5.91 Å². The second-order valence-electron chi connectivity index (χ2n) is 3.27. The summed E-state index contributed by atoms with van der Waals surface area (Å²) in [5.41, 5.74) is 0.701. The van der Waals surface area contributed by atoms with E-state index in [4.69, 9.17) is 11.6 Å². The van der Waals surface area contributed by atoms with Crippen molar-refractivity contribution < 1.29 is 4.79 Å². The molecule has 2 heterocycles. The van der Waals surface area contributed by atoms with E-state index >= 15 is 0 Å². The van der Waals surface area contributed by atoms with Gasteiger partial charge in [-0.05, 0) is 12.1 Å². The van der Waals surface area contributed by atoms with Gasteiger partial charge in [0.25, 0.3) is 0 Å². The molecular weight excluding hydrogens is 240 g/mol. The molecule has 0 bridgehead atoms. The molecular formula is C11H9ClN4O. The molecule has 0 saturated heterocycles. The van der Waals surface area contributed by atoms with Gasteiger partial charge in [-0.25, -0.2) is 9.97 Å². The van der Waals surface area contributed by atoms with E-state index in [2.05, 4.69) is 20.3 Å². The van der Waals surface area contributed by atoms with Gasteiger partial charge in [0.15, 0.2) is 5.82 Å². The van der Waals surface area contributed by atoms with Gasteiger partial charge in [0, 0.05) is 11.9 Å². The lowest BCUT2D eigenvalue weighted by molar-refractivity contribution is -0.115. The number of nitrogens with one attached hydrogen (secondary N) is 1. The molecule has 6 heteroatoms. The van der Waals surface area contributed by atoms with Crippen LogP contribution >= 0.6 is 11.6 Å². The number of hydrogen-bond donors (Lipinski definition) is 1. The summed E-state index contributed by atoms with van der Waals surface area (Å²) in [4.78, 5) is 23.4. The molecule has 5 nitrogen and oxygen atoms in total. The number of pyridine rings is 1. The summed E-state index contributed by atoms with van der Waals surface area (Å²) in [5, 5.41) is 2.89. The molecule has 0 unspecified atom stereocenters. The van der Waals surface area contributed by atoms with Crippen molar-refractivity contribution in [2.24, 2.45) is 0 Å². The predicted molar refractivity (Wildman–Crippen MR) is 63.6 cm³/mol. The number of carbonyl (C=O) groups excluding carboxylic acids is 1. The maximum absolute atomic E-state index is 11.6. The quantitative estimate of drug-likeness (QED) is 0.898. The Morgan fingerprint density at radius 1 is 1.24 bits per heavy atom. The Kier molecular flexibility index (Phi) is 3.62. The molecule has 86 valence electrons. The number of hydrogen-bond acceptors (Lipinski definition) is 4. The molecule has 0 saturated carbocycles. The zero-order chi connectivity index (χ0) is 12.1. The third-order valence-corrected chi connectivity index (χ3v) is 2.15. The highest BCUT2D eigenvalue weighted by molar-refractivity contribution is 6.29. The number of nitrogens with zero attached hydrogens (tertiary/aromatic N) is 3. The Morgan fingerprint density at radius 2 is 2.12 bits per heavy atom. The van der Waals surface area contributed by atoms with Crippen molar-refractivity contribution in [2.45, 2.75) is 6.42 Å². The minimum atomic E-state index is -0.194. The van der Waals surface area contributed by atoms with Gasteiger partial charge in [0.05, 0.1) is 18.8 Å². The molecule has 2 aromatic heterocycles. The van der Waals surface area contributed by atoms with Crippen LogP contribution in [0.15, 0.2) is 36.8 Å². The second-order valence-corrected chi connectivity index (χ2v) is 3.66. The van der Waals surface area contributed by atoms with Crippen LogP contribution in [0.3, 0.4) is 0 Å². The topological polar surface area (TPSA) is 67.8 Å². The number of halogens is 1. The van der Waals surface area contributed by atoms with Gasteiger partial charge in [-0.3, -0.25) is 9.78 Å². The summed E-state index contributed by atoms with van der Waals surface area (Å²) in [6.07, 6.45) is 4.62. The van der Waals surface area contributed by atoms with E-state index in [-0.39, 0.29) is 17.5 Å². The monoisotopic (exact) mass is 248 g/mol. The van der Waals surface area contributed by atoms with Crippen molar-refractivity contribution in [3.8, 4) is 0 Å². The van der Waals surface area contributed by atoms with Crippen LogP contribution in [0.1, 0.15) is 5.69 Å². The molecule has 1 amide bonds. The summed E-state index contributed by atoms with van der Waals surface area (Å²) in [5.74, 6) is 0.177. The van der Waals surface area contributed by atoms with Crippen molar-refractivity contribution in [3.63, 3.8) is 0 Å². The van der Waals surface area contributed by atoms with Crippen molar-refractivity contribution in [1.29, 1.82) is 0 Å². The highest BCUT2D eigenvalue weighted by atomic mass is 35.5. The zero-order valence-corrected chi connectivity index (χ0v) is 9.55. The molecule has 2 rings (SSSR count). The van der Waals surface area contributed by atoms with E-state index in [1.54, 1.807) is 18.3 Å². The van der Waals surface area contributed by atoms with E-state index < -0.39 is 0 Å². The first-order valence-corrected chi connectivity index (χ1v) is 5.29. The number of anilines is 1. The Morgan fingerprint density at radius 3 is 2.76 bits per heavy atom. The molecule has 1 N–H and O–H groups in total. The highest BCUT2D eigenvalue weighted by Gasteiger charge is 2.05. The first-order chi connectivity index (χ1) is 8.24. The van der Waals surface area contributed by atoms with Crippen LogP contribution in [-0.2, 0) is 11.2 Å². The van der Waals surface area contributed by atoms with Gasteiger partial charge in [-0.2, -0.15) is 0 Å². The fraction of sp³-hybridized carbons (Fsp3) is 0.0909. The van der Waals surface area contributed by atoms with Crippen LogP contribution in [0, 0.1) is 0 Å². The Labute approximate surface area is 103 Å². The standard InChI is InChI=1S/C11H9ClN4O/c12-9-6-15-10(7-14-9)16-11(17)5-8-3-1-2-4-13-8/h1-4,6-7H,5H2,(H,15,16,17). The zero-order valence-electron chi connectivity index (χ0n) is 8.80. The van der Waals surface area contributed by atoms with Gasteiger partial charge < -0.3 is 5.32 Å². The van der Waals surface area contributed by atoms with E-state index in [9.17, 15) is 4.79 Å². The molecule has 2 aromatic rings. The lowest BCUT2D eigenvalue weighted by Gasteiger charge is -2.03. The maximum Gasteiger partial charge on any atom is 0.231 e. The molecule has 0 aromatic carbocycles. The smallest absolute Gasteiger partial charge is 0.231 e. The minimum absolute atomic E-state index is 0.194. The fourth-order valence-electron chi connectivity index (χ4n) is 1.23. The Balaban J connectivity index is 1.96. The Bertz CT molecular complexity index is 501. The van der Waals surface area contributed by atoms with Crippen molar-refractivity contribution >= 4 is 23.3 Å². The van der Waals surface area contributed by atoms with Crippen LogP contribution in [-0.4, -0.2) is 20.9 Å². The van der Waals surface area contributed by atoms with Gasteiger partial charge in [-0.15, -0.1) is 0 Å². The van der Waals surface area contributed by atoms with Crippen LogP contribution < -0.4 is 5.32 Å². The molecule has 0 radical (unpaired) electrons. The summed E-state index contributed by atoms with van der Waals surface area (Å²) < 4.78 is 0. The third kappa shape index (κ3) is 3.49. The normalized spacial score (nSPS) is 9.94. The van der Waals surface area contributed by atoms with Crippen LogP contribution in [0.4, 0.5) is 5.82 Å². The summed E-state index contributed by atoms with van der Waals surface area (Å²) in [6.45, 7) is 0. The first kappa shape index (κ1) is 11.5. The van der Waals surface area contributed by atoms with E-state index in [1.165, 1.54) is 12.4 Å². The minimum Gasteiger partial charge on any atom is -0.309 e. The predicted octanol–water partition coefficient (Wildman–Crippen LogP) is 1.71. The Hall–Kier alpha value is -2.01. The first-order valence-electron chi connectivity index (χ1n) is 4.91. The van der Waals surface area contributed by atoms with Crippen molar-refractivity contribution in [2.75, 3.05) is 5.32 Å². The number of rotatable bonds is 3. The molecule has 0 aliphatic heterocycles. The average molecular weight is 249 g/mol. The van der Waals surface area contributed by atoms with Gasteiger partial charge in [-0.1, -0.05) is 17.7 Å². The van der Waals surface area contributed by atoms with E-state index in [0.717, 1.165) is 0 Å². The summed E-state index contributed by atoms with van der Waals surface area (Å²) in [7, 11) is 0. The molecule has 0 aliphatic rings. The molecule has 0 fully saturated rings. The molecule has 17 heavy (non-hydrogen) atoms. The average Bonchev–Trinajstić information content (AvgIpc) is 2.33. The van der Waals surface area contributed by atoms with Crippen LogP contribution in [0.25, 0.3) is 0 Å². The van der Waals surface area contributed by atoms with Gasteiger partial charge in [0.1, 0.15) is 5.15 Å². The van der Waals surface area contributed by atoms with Crippen molar-refractivity contribution in [3.05, 3.63) is 47.6 Å². The number of amides is 1. The number of aromatic nitrogens is 3. The highest BCUT2D eigenvalue weighted by Crippen LogP contribution is 2.05. The van der Waals surface area contributed by atoms with Crippen LogP contribution in [0.2, 0.25) is 5.15 Å². The third-order valence-electron chi connectivity index (χ3n) is 1.96. The second kappa shape index (κ2) is 5.36. The fourth-order valence-corrected chi connectivity index (χ4v) is 1.33. The SMILES string of the molecule is O=C(Cc1ccccn1)Nc1cnc(Cl)cn1. The summed E-state index contributed by atoms with van der Waals surface area (Å²) >= 11 is 5.58.